The largest absolute Gasteiger partial charge is 0.326 e. The molecule has 1 amide bonds. The Kier molecular flexibility index (Phi) is 4.50. The molecule has 0 saturated carbocycles. The molecule has 2 aromatic rings. The fourth-order valence-corrected chi connectivity index (χ4v) is 4.23. The maximum atomic E-state index is 13.2. The molecule has 0 spiro atoms. The molecule has 0 fully saturated rings. The second-order valence-electron chi connectivity index (χ2n) is 7.90. The van der Waals surface area contributed by atoms with Crippen molar-refractivity contribution in [1.29, 1.82) is 0 Å². The van der Waals surface area contributed by atoms with Crippen molar-refractivity contribution < 1.29 is 4.79 Å². The molecule has 0 radical (unpaired) electrons. The van der Waals surface area contributed by atoms with Crippen LogP contribution in [-0.2, 0) is 19.5 Å². The van der Waals surface area contributed by atoms with Gasteiger partial charge in [-0.2, -0.15) is 0 Å². The molecular weight excluding hydrogens is 330 g/mol. The van der Waals surface area contributed by atoms with Crippen LogP contribution in [0.15, 0.2) is 0 Å². The predicted octanol–water partition coefficient (Wildman–Crippen LogP) is 2.15. The van der Waals surface area contributed by atoms with Crippen LogP contribution in [0.2, 0.25) is 0 Å². The summed E-state index contributed by atoms with van der Waals surface area (Å²) in [7, 11) is 0. The maximum absolute atomic E-state index is 13.2. The Morgan fingerprint density at radius 3 is 2.73 bits per heavy atom. The van der Waals surface area contributed by atoms with Gasteiger partial charge in [-0.25, -0.2) is 0 Å². The number of rotatable bonds is 3. The number of hydrogen-bond donors (Lipinski definition) is 0. The Morgan fingerprint density at radius 1 is 1.12 bits per heavy atom. The molecule has 26 heavy (non-hydrogen) atoms. The van der Waals surface area contributed by atoms with E-state index >= 15 is 0 Å². The first-order valence-corrected chi connectivity index (χ1v) is 9.66. The summed E-state index contributed by atoms with van der Waals surface area (Å²) >= 11 is 0. The third kappa shape index (κ3) is 3.01. The highest BCUT2D eigenvalue weighted by molar-refractivity contribution is 5.90. The van der Waals surface area contributed by atoms with Gasteiger partial charge in [0, 0.05) is 19.5 Å². The minimum absolute atomic E-state index is 0.0358. The lowest BCUT2D eigenvalue weighted by atomic mass is 10.0. The summed E-state index contributed by atoms with van der Waals surface area (Å²) in [5, 5.41) is 17.1. The van der Waals surface area contributed by atoms with E-state index in [1.54, 1.807) is 0 Å². The Balaban J connectivity index is 1.62. The number of hydrogen-bond acceptors (Lipinski definition) is 5. The molecule has 0 aromatic carbocycles. The zero-order valence-corrected chi connectivity index (χ0v) is 15.9. The van der Waals surface area contributed by atoms with Crippen LogP contribution in [0.3, 0.4) is 0 Å². The minimum atomic E-state index is -0.0358. The van der Waals surface area contributed by atoms with Gasteiger partial charge in [-0.1, -0.05) is 20.3 Å². The average molecular weight is 357 g/mol. The highest BCUT2D eigenvalue weighted by atomic mass is 16.2. The van der Waals surface area contributed by atoms with E-state index in [1.807, 2.05) is 16.4 Å². The highest BCUT2D eigenvalue weighted by Gasteiger charge is 2.33. The summed E-state index contributed by atoms with van der Waals surface area (Å²) < 4.78 is 4.23. The van der Waals surface area contributed by atoms with Crippen LogP contribution in [0, 0.1) is 12.8 Å². The van der Waals surface area contributed by atoms with Crippen LogP contribution in [0.4, 0.5) is 0 Å². The van der Waals surface area contributed by atoms with E-state index in [0.717, 1.165) is 49.7 Å². The van der Waals surface area contributed by atoms with Crippen LogP contribution < -0.4 is 0 Å². The first kappa shape index (κ1) is 17.2. The van der Waals surface area contributed by atoms with Crippen LogP contribution in [-0.4, -0.2) is 46.9 Å². The lowest BCUT2D eigenvalue weighted by Gasteiger charge is -2.34. The second kappa shape index (κ2) is 6.81. The van der Waals surface area contributed by atoms with Gasteiger partial charge in [-0.15, -0.1) is 20.4 Å². The molecule has 2 aromatic heterocycles. The van der Waals surface area contributed by atoms with Crippen molar-refractivity contribution >= 4 is 5.91 Å². The van der Waals surface area contributed by atoms with Gasteiger partial charge in [0.2, 0.25) is 5.82 Å². The normalized spacial score (nSPS) is 20.0. The number of carbonyl (C=O) groups is 1. The van der Waals surface area contributed by atoms with Gasteiger partial charge in [0.1, 0.15) is 11.6 Å². The fraction of sp³-hybridized carbons (Fsp3) is 0.722. The summed E-state index contributed by atoms with van der Waals surface area (Å²) in [6, 6.07) is 0.212. The number of carbonyl (C=O) groups excluding carboxylic acids is 1. The molecule has 1 atom stereocenters. The van der Waals surface area contributed by atoms with E-state index in [0.29, 0.717) is 24.8 Å². The van der Waals surface area contributed by atoms with Crippen LogP contribution in [0.1, 0.15) is 73.7 Å². The first-order valence-electron chi connectivity index (χ1n) is 9.66. The van der Waals surface area contributed by atoms with Crippen molar-refractivity contribution in [2.45, 2.75) is 72.0 Å². The molecule has 0 saturated heterocycles. The van der Waals surface area contributed by atoms with Crippen LogP contribution in [0.5, 0.6) is 0 Å². The summed E-state index contributed by atoms with van der Waals surface area (Å²) in [5.74, 6) is 3.72. The topological polar surface area (TPSA) is 81.7 Å². The molecular formula is C18H27N7O. The third-order valence-electron chi connectivity index (χ3n) is 5.40. The molecule has 2 aliphatic rings. The highest BCUT2D eigenvalue weighted by Crippen LogP contribution is 2.28. The van der Waals surface area contributed by atoms with Gasteiger partial charge in [-0.3, -0.25) is 4.79 Å². The molecule has 0 aliphatic carbocycles. The van der Waals surface area contributed by atoms with E-state index in [2.05, 4.69) is 38.8 Å². The first-order chi connectivity index (χ1) is 12.5. The number of fused-ring (bicyclic) bond motifs is 2. The van der Waals surface area contributed by atoms with E-state index in [1.165, 1.54) is 6.42 Å². The van der Waals surface area contributed by atoms with Crippen molar-refractivity contribution in [2.24, 2.45) is 5.92 Å². The Bertz CT molecular complexity index is 807. The molecule has 0 unspecified atom stereocenters. The smallest absolute Gasteiger partial charge is 0.292 e. The van der Waals surface area contributed by atoms with E-state index in [-0.39, 0.29) is 11.9 Å². The molecule has 0 bridgehead atoms. The Morgan fingerprint density at radius 2 is 1.92 bits per heavy atom. The third-order valence-corrected chi connectivity index (χ3v) is 5.40. The van der Waals surface area contributed by atoms with Crippen molar-refractivity contribution in [1.82, 2.24) is 34.4 Å². The molecule has 4 heterocycles. The number of aryl methyl sites for hydroxylation is 2. The van der Waals surface area contributed by atoms with Crippen LogP contribution in [0.25, 0.3) is 0 Å². The van der Waals surface area contributed by atoms with Crippen molar-refractivity contribution in [3.63, 3.8) is 0 Å². The average Bonchev–Trinajstić information content (AvgIpc) is 3.10. The van der Waals surface area contributed by atoms with Gasteiger partial charge < -0.3 is 14.0 Å². The van der Waals surface area contributed by atoms with Crippen molar-refractivity contribution in [2.75, 3.05) is 6.54 Å². The Labute approximate surface area is 153 Å². The van der Waals surface area contributed by atoms with Gasteiger partial charge in [0.05, 0.1) is 12.6 Å². The maximum Gasteiger partial charge on any atom is 0.292 e. The van der Waals surface area contributed by atoms with Gasteiger partial charge >= 0.3 is 0 Å². The Hall–Kier alpha value is -2.25. The molecule has 0 N–H and O–H groups in total. The van der Waals surface area contributed by atoms with E-state index < -0.39 is 0 Å². The van der Waals surface area contributed by atoms with Gasteiger partial charge in [-0.05, 0) is 32.1 Å². The van der Waals surface area contributed by atoms with Crippen molar-refractivity contribution in [3.05, 3.63) is 23.3 Å². The standard InChI is InChI=1S/C18H27N7O/c1-12(2)9-14-10-23(11-16-21-19-13(3)25(14)16)18(26)17-22-20-15-7-5-4-6-8-24(15)17/h12,14H,4-11H2,1-3H3/t14-/m0/s1. The monoisotopic (exact) mass is 357 g/mol. The van der Waals surface area contributed by atoms with E-state index in [4.69, 9.17) is 0 Å². The minimum Gasteiger partial charge on any atom is -0.326 e. The molecule has 8 nitrogen and oxygen atoms in total. The number of aromatic nitrogens is 6. The zero-order valence-electron chi connectivity index (χ0n) is 15.9. The quantitative estimate of drug-likeness (QED) is 0.841. The molecule has 140 valence electrons. The summed E-state index contributed by atoms with van der Waals surface area (Å²) in [6.07, 6.45) is 5.28. The SMILES string of the molecule is Cc1nnc2n1[C@@H](CC(C)C)CN(C(=O)c1nnc3n1CCCCC3)C2. The number of amides is 1. The van der Waals surface area contributed by atoms with Gasteiger partial charge in [0.15, 0.2) is 5.82 Å². The summed E-state index contributed by atoms with van der Waals surface area (Å²) in [6.45, 7) is 8.39. The zero-order chi connectivity index (χ0) is 18.3. The lowest BCUT2D eigenvalue weighted by molar-refractivity contribution is 0.0642. The van der Waals surface area contributed by atoms with Crippen molar-refractivity contribution in [3.8, 4) is 0 Å². The predicted molar refractivity (Wildman–Crippen MR) is 95.6 cm³/mol. The summed E-state index contributed by atoms with van der Waals surface area (Å²) in [5.41, 5.74) is 0. The van der Waals surface area contributed by atoms with E-state index in [9.17, 15) is 4.79 Å². The van der Waals surface area contributed by atoms with Crippen LogP contribution >= 0.6 is 0 Å². The number of nitrogens with zero attached hydrogens (tertiary/aromatic N) is 7. The second-order valence-corrected chi connectivity index (χ2v) is 7.90. The molecule has 2 aliphatic heterocycles. The van der Waals surface area contributed by atoms with Gasteiger partial charge in [0.25, 0.3) is 5.91 Å². The molecule has 8 heteroatoms. The fourth-order valence-electron chi connectivity index (χ4n) is 4.23. The lowest BCUT2D eigenvalue weighted by Crippen LogP contribution is -2.42. The molecule has 4 rings (SSSR count). The summed E-state index contributed by atoms with van der Waals surface area (Å²) in [4.78, 5) is 15.1.